The smallest absolute Gasteiger partial charge is 0.361 e. The van der Waals surface area contributed by atoms with E-state index in [1.807, 2.05) is 21.1 Å². The molecule has 0 rings (SSSR count). The number of carbonyl (C=O) groups is 3. The molecule has 406 valence electrons. The Kier molecular flexibility index (Phi) is 50.1. The molecule has 0 aliphatic carbocycles. The molecule has 9 nitrogen and oxygen atoms in total. The molecule has 1 N–H and O–H groups in total. The van der Waals surface area contributed by atoms with Crippen molar-refractivity contribution in [3.8, 4) is 0 Å². The summed E-state index contributed by atoms with van der Waals surface area (Å²) >= 11 is 0. The molecule has 0 spiro atoms. The summed E-state index contributed by atoms with van der Waals surface area (Å²) in [5, 5.41) is 9.70. The van der Waals surface area contributed by atoms with Crippen molar-refractivity contribution in [2.45, 2.75) is 264 Å². The Labute approximate surface area is 431 Å². The van der Waals surface area contributed by atoms with E-state index >= 15 is 0 Å². The summed E-state index contributed by atoms with van der Waals surface area (Å²) in [4.78, 5) is 37.4. The summed E-state index contributed by atoms with van der Waals surface area (Å²) < 4.78 is 22.9. The first-order valence-electron chi connectivity index (χ1n) is 29.0. The minimum absolute atomic E-state index is 0.182. The number of carboxylic acids is 1. The average molecular weight is 986 g/mol. The highest BCUT2D eigenvalue weighted by atomic mass is 16.7. The lowest BCUT2D eigenvalue weighted by Crippen LogP contribution is -2.40. The van der Waals surface area contributed by atoms with Crippen molar-refractivity contribution < 1.29 is 42.9 Å². The van der Waals surface area contributed by atoms with Crippen LogP contribution in [0.1, 0.15) is 251 Å². The van der Waals surface area contributed by atoms with Crippen LogP contribution in [-0.4, -0.2) is 87.4 Å². The van der Waals surface area contributed by atoms with Gasteiger partial charge in [0.25, 0.3) is 6.29 Å². The second-order valence-corrected chi connectivity index (χ2v) is 20.6. The van der Waals surface area contributed by atoms with Gasteiger partial charge in [-0.25, -0.2) is 4.79 Å². The molecule has 0 radical (unpaired) electrons. The van der Waals surface area contributed by atoms with E-state index in [1.54, 1.807) is 0 Å². The number of hydrogen-bond acceptors (Lipinski definition) is 7. The van der Waals surface area contributed by atoms with Gasteiger partial charge in [0.15, 0.2) is 6.10 Å². The highest BCUT2D eigenvalue weighted by Crippen LogP contribution is 2.17. The van der Waals surface area contributed by atoms with E-state index in [2.05, 4.69) is 74.6 Å². The lowest BCUT2D eigenvalue weighted by molar-refractivity contribution is -0.870. The minimum Gasteiger partial charge on any atom is -0.477 e. The van der Waals surface area contributed by atoms with Gasteiger partial charge in [0.05, 0.1) is 34.4 Å². The monoisotopic (exact) mass is 985 g/mol. The molecule has 70 heavy (non-hydrogen) atoms. The molecule has 0 fully saturated rings. The largest absolute Gasteiger partial charge is 0.477 e. The highest BCUT2D eigenvalue weighted by molar-refractivity contribution is 5.71. The Morgan fingerprint density at radius 1 is 0.443 bits per heavy atom. The Hall–Kier alpha value is -3.01. The lowest BCUT2D eigenvalue weighted by Gasteiger charge is -2.25. The average Bonchev–Trinajstić information content (AvgIpc) is 3.33. The van der Waals surface area contributed by atoms with Crippen molar-refractivity contribution in [1.82, 2.24) is 0 Å². The number of rotatable bonds is 53. The molecule has 0 aromatic heterocycles. The number of ether oxygens (including phenoxy) is 4. The number of allylic oxidation sites excluding steroid dienone is 10. The van der Waals surface area contributed by atoms with Crippen LogP contribution in [0.5, 0.6) is 0 Å². The zero-order valence-corrected chi connectivity index (χ0v) is 46.2. The van der Waals surface area contributed by atoms with E-state index in [0.29, 0.717) is 23.9 Å². The van der Waals surface area contributed by atoms with E-state index < -0.39 is 24.3 Å². The van der Waals surface area contributed by atoms with E-state index in [1.165, 1.54) is 135 Å². The second-order valence-electron chi connectivity index (χ2n) is 20.6. The van der Waals surface area contributed by atoms with Crippen molar-refractivity contribution >= 4 is 17.9 Å². The summed E-state index contributed by atoms with van der Waals surface area (Å²) in [6.07, 6.45) is 63.0. The van der Waals surface area contributed by atoms with Gasteiger partial charge in [-0.3, -0.25) is 9.59 Å². The molecular formula is C61H110NO8+. The Bertz CT molecular complexity index is 1330. The standard InChI is InChI=1S/C61H109NO8/c1-6-8-10-12-14-16-18-20-22-24-26-28-29-30-32-33-35-37-39-41-43-45-47-49-51-58(63)68-55-57(56-69-61(60(65)66)67-54-53-62(3,4)5)70-59(64)52-50-48-46-44-42-40-38-36-34-31-27-25-23-21-19-17-15-13-11-9-7-2/h9,11,15,17,21,23,27,31,36,38,57,61H,6-8,10,12-14,16,18-20,22,24-26,28-30,32-35,37,39-56H2,1-5H3/p+1/b11-9-,17-15-,23-21-,31-27-,38-36-. The number of aliphatic carboxylic acids is 1. The molecule has 0 aromatic rings. The number of hydrogen-bond donors (Lipinski definition) is 1. The van der Waals surface area contributed by atoms with E-state index in [0.717, 1.165) is 83.5 Å². The number of esters is 2. The van der Waals surface area contributed by atoms with Gasteiger partial charge in [-0.05, 0) is 57.8 Å². The molecule has 0 aromatic carbocycles. The number of carbonyl (C=O) groups excluding carboxylic acids is 2. The fourth-order valence-electron chi connectivity index (χ4n) is 8.10. The van der Waals surface area contributed by atoms with Crippen LogP contribution in [0, 0.1) is 0 Å². The molecule has 0 aliphatic rings. The third-order valence-electron chi connectivity index (χ3n) is 12.5. The van der Waals surface area contributed by atoms with Crippen molar-refractivity contribution in [3.05, 3.63) is 60.8 Å². The summed E-state index contributed by atoms with van der Waals surface area (Å²) in [7, 11) is 5.96. The van der Waals surface area contributed by atoms with Crippen LogP contribution >= 0.6 is 0 Å². The highest BCUT2D eigenvalue weighted by Gasteiger charge is 2.25. The normalized spacial score (nSPS) is 13.2. The van der Waals surface area contributed by atoms with Crippen LogP contribution in [0.15, 0.2) is 60.8 Å². The molecule has 9 heteroatoms. The maximum absolute atomic E-state index is 12.9. The Morgan fingerprint density at radius 2 is 0.814 bits per heavy atom. The van der Waals surface area contributed by atoms with Crippen LogP contribution in [0.4, 0.5) is 0 Å². The van der Waals surface area contributed by atoms with E-state index in [4.69, 9.17) is 18.9 Å². The predicted molar refractivity (Wildman–Crippen MR) is 295 cm³/mol. The van der Waals surface area contributed by atoms with E-state index in [9.17, 15) is 19.5 Å². The van der Waals surface area contributed by atoms with Crippen molar-refractivity contribution in [1.29, 1.82) is 0 Å². The van der Waals surface area contributed by atoms with Crippen molar-refractivity contribution in [2.24, 2.45) is 0 Å². The van der Waals surface area contributed by atoms with Gasteiger partial charge in [0.1, 0.15) is 13.2 Å². The Balaban J connectivity index is 4.26. The van der Waals surface area contributed by atoms with Gasteiger partial charge >= 0.3 is 17.9 Å². The minimum atomic E-state index is -1.52. The zero-order chi connectivity index (χ0) is 51.3. The number of nitrogens with zero attached hydrogens (tertiary/aromatic N) is 1. The fraction of sp³-hybridized carbons (Fsp3) is 0.787. The quantitative estimate of drug-likeness (QED) is 0.0211. The first-order valence-corrected chi connectivity index (χ1v) is 29.0. The first kappa shape index (κ1) is 67.0. The van der Waals surface area contributed by atoms with Gasteiger partial charge in [-0.15, -0.1) is 0 Å². The fourth-order valence-corrected chi connectivity index (χ4v) is 8.10. The van der Waals surface area contributed by atoms with Gasteiger partial charge in [0, 0.05) is 12.8 Å². The van der Waals surface area contributed by atoms with Crippen LogP contribution < -0.4 is 0 Å². The van der Waals surface area contributed by atoms with E-state index in [-0.39, 0.29) is 32.2 Å². The molecule has 0 heterocycles. The molecule has 0 saturated heterocycles. The molecule has 0 saturated carbocycles. The summed E-state index contributed by atoms with van der Waals surface area (Å²) in [6, 6.07) is 0. The van der Waals surface area contributed by atoms with Crippen LogP contribution in [0.3, 0.4) is 0 Å². The number of quaternary nitrogens is 1. The number of unbranched alkanes of at least 4 members (excludes halogenated alkanes) is 28. The predicted octanol–water partition coefficient (Wildman–Crippen LogP) is 16.8. The second kappa shape index (κ2) is 52.3. The van der Waals surface area contributed by atoms with Crippen molar-refractivity contribution in [2.75, 3.05) is 47.5 Å². The van der Waals surface area contributed by atoms with Gasteiger partial charge < -0.3 is 28.5 Å². The maximum Gasteiger partial charge on any atom is 0.361 e. The first-order chi connectivity index (χ1) is 34.1. The summed E-state index contributed by atoms with van der Waals surface area (Å²) in [6.45, 7) is 4.77. The molecule has 0 bridgehead atoms. The molecule has 0 aliphatic heterocycles. The van der Waals surface area contributed by atoms with Crippen LogP contribution in [0.2, 0.25) is 0 Å². The summed E-state index contributed by atoms with van der Waals surface area (Å²) in [5.74, 6) is -2.02. The van der Waals surface area contributed by atoms with Gasteiger partial charge in [-0.2, -0.15) is 0 Å². The van der Waals surface area contributed by atoms with Crippen LogP contribution in [-0.2, 0) is 33.3 Å². The number of likely N-dealkylation sites (N-methyl/N-ethyl adjacent to an activating group) is 1. The maximum atomic E-state index is 12.9. The third kappa shape index (κ3) is 52.8. The zero-order valence-electron chi connectivity index (χ0n) is 46.2. The van der Waals surface area contributed by atoms with Gasteiger partial charge in [0.2, 0.25) is 0 Å². The SMILES string of the molecule is CC/C=C\C/C=C\C/C=C\C/C=C\C/C=C\CCCCCCCC(=O)OC(COC(=O)CCCCCCCCCCCCCCCCCCCCCCCCCC)COC(OCC[N+](C)(C)C)C(=O)O. The molecule has 2 unspecified atom stereocenters. The lowest BCUT2D eigenvalue weighted by atomic mass is 10.0. The number of carboxylic acid groups (broad SMARTS) is 1. The topological polar surface area (TPSA) is 108 Å². The summed E-state index contributed by atoms with van der Waals surface area (Å²) in [5.41, 5.74) is 0. The van der Waals surface area contributed by atoms with Gasteiger partial charge in [-0.1, -0.05) is 242 Å². The van der Waals surface area contributed by atoms with Crippen LogP contribution in [0.25, 0.3) is 0 Å². The van der Waals surface area contributed by atoms with Crippen molar-refractivity contribution in [3.63, 3.8) is 0 Å². The Morgan fingerprint density at radius 3 is 1.21 bits per heavy atom. The molecular weight excluding hydrogens is 875 g/mol. The molecule has 0 amide bonds. The molecule has 2 atom stereocenters. The third-order valence-corrected chi connectivity index (χ3v) is 12.5.